The van der Waals surface area contributed by atoms with Gasteiger partial charge in [0.15, 0.2) is 0 Å². The maximum absolute atomic E-state index is 6.80. The van der Waals surface area contributed by atoms with Crippen molar-refractivity contribution in [3.63, 3.8) is 0 Å². The molecule has 0 spiro atoms. The number of imidazole rings is 1. The van der Waals surface area contributed by atoms with E-state index in [1.165, 1.54) is 69.6 Å². The summed E-state index contributed by atoms with van der Waals surface area (Å²) in [5.41, 5.74) is 18.3. The molecule has 361 valence electrons. The number of hydrogen-bond acceptors (Lipinski definition) is 3. The molecule has 3 aromatic heterocycles. The van der Waals surface area contributed by atoms with Crippen LogP contribution in [0.1, 0.15) is 101 Å². The SMILES string of the molecule is CC(C)(C)c1ccc(-c2[c-]cccc2)nc1.CC(C)c1cc(-c2ccc(C3CC[Si](C)(C)CC3)cc2)cc(C(C)C)c1-n1c(-c2[c-]ccc3c2oc2cc(-c4ccccc4)ccc23)nc2ccccc21.[Ir]. The maximum Gasteiger partial charge on any atom is 0.121 e. The molecule has 0 saturated carbocycles. The van der Waals surface area contributed by atoms with Crippen molar-refractivity contribution in [3.8, 4) is 50.6 Å². The summed E-state index contributed by atoms with van der Waals surface area (Å²) in [5, 5.41) is 2.17. The van der Waals surface area contributed by atoms with Gasteiger partial charge in [-0.1, -0.05) is 176 Å². The summed E-state index contributed by atoms with van der Waals surface area (Å²) >= 11 is 0. The fourth-order valence-electron chi connectivity index (χ4n) is 10.4. The summed E-state index contributed by atoms with van der Waals surface area (Å²) in [5.74, 6) is 2.11. The van der Waals surface area contributed by atoms with Crippen molar-refractivity contribution in [1.29, 1.82) is 0 Å². The third-order valence-electron chi connectivity index (χ3n) is 14.6. The zero-order chi connectivity index (χ0) is 48.7. The number of rotatable bonds is 8. The van der Waals surface area contributed by atoms with Gasteiger partial charge in [-0.05, 0) is 117 Å². The molecule has 7 aromatic carbocycles. The van der Waals surface area contributed by atoms with Gasteiger partial charge in [0.2, 0.25) is 0 Å². The van der Waals surface area contributed by atoms with Crippen molar-refractivity contribution in [2.45, 2.75) is 110 Å². The molecule has 1 radical (unpaired) electrons. The molecule has 1 saturated heterocycles. The number of benzene rings is 7. The molecule has 1 aliphatic heterocycles. The third kappa shape index (κ3) is 10.3. The first-order valence-electron chi connectivity index (χ1n) is 25.3. The summed E-state index contributed by atoms with van der Waals surface area (Å²) in [6.07, 6.45) is 4.64. The number of fused-ring (bicyclic) bond motifs is 4. The molecule has 0 aliphatic carbocycles. The number of pyridine rings is 1. The second-order valence-corrected chi connectivity index (χ2v) is 27.2. The van der Waals surface area contributed by atoms with Crippen molar-refractivity contribution in [1.82, 2.24) is 14.5 Å². The summed E-state index contributed by atoms with van der Waals surface area (Å²) in [6, 6.07) is 65.9. The van der Waals surface area contributed by atoms with Crippen LogP contribution >= 0.6 is 0 Å². The summed E-state index contributed by atoms with van der Waals surface area (Å²) in [7, 11) is -0.984. The van der Waals surface area contributed by atoms with E-state index in [0.717, 1.165) is 61.2 Å². The van der Waals surface area contributed by atoms with Gasteiger partial charge in [0.05, 0.1) is 22.4 Å². The zero-order valence-corrected chi connectivity index (χ0v) is 46.1. The molecule has 71 heavy (non-hydrogen) atoms. The Bertz CT molecular complexity index is 3400. The van der Waals surface area contributed by atoms with Crippen molar-refractivity contribution >= 4 is 41.0 Å². The van der Waals surface area contributed by atoms with Crippen LogP contribution in [-0.4, -0.2) is 22.6 Å². The van der Waals surface area contributed by atoms with Gasteiger partial charge < -0.3 is 14.0 Å². The predicted octanol–water partition coefficient (Wildman–Crippen LogP) is 18.4. The van der Waals surface area contributed by atoms with Gasteiger partial charge in [-0.2, -0.15) is 0 Å². The van der Waals surface area contributed by atoms with Gasteiger partial charge in [0.25, 0.3) is 0 Å². The molecule has 1 fully saturated rings. The van der Waals surface area contributed by atoms with Crippen LogP contribution in [0.3, 0.4) is 0 Å². The molecule has 0 bridgehead atoms. The molecule has 10 aromatic rings. The quantitative estimate of drug-likeness (QED) is 0.112. The van der Waals surface area contributed by atoms with Crippen LogP contribution in [0.25, 0.3) is 83.6 Å². The van der Waals surface area contributed by atoms with Gasteiger partial charge in [-0.3, -0.25) is 4.98 Å². The van der Waals surface area contributed by atoms with Gasteiger partial charge in [-0.15, -0.1) is 54.1 Å². The topological polar surface area (TPSA) is 43.9 Å². The van der Waals surface area contributed by atoms with E-state index >= 15 is 0 Å². The molecule has 0 atom stereocenters. The normalized spacial score (nSPS) is 14.0. The first kappa shape index (κ1) is 49.8. The van der Waals surface area contributed by atoms with Crippen LogP contribution in [0.4, 0.5) is 0 Å². The second-order valence-electron chi connectivity index (χ2n) is 21.9. The molecule has 4 heterocycles. The van der Waals surface area contributed by atoms with E-state index in [4.69, 9.17) is 9.40 Å². The minimum Gasteiger partial charge on any atom is -0.501 e. The second kappa shape index (κ2) is 20.5. The molecular formula is C65H65IrN3OSi-2. The van der Waals surface area contributed by atoms with E-state index in [1.54, 1.807) is 0 Å². The Hall–Kier alpha value is -6.17. The Labute approximate surface area is 436 Å². The van der Waals surface area contributed by atoms with Gasteiger partial charge in [-0.25, -0.2) is 0 Å². The van der Waals surface area contributed by atoms with Crippen LogP contribution in [0.2, 0.25) is 25.2 Å². The van der Waals surface area contributed by atoms with Crippen LogP contribution < -0.4 is 0 Å². The van der Waals surface area contributed by atoms with Gasteiger partial charge >= 0.3 is 0 Å². The average Bonchev–Trinajstić information content (AvgIpc) is 3.95. The first-order chi connectivity index (χ1) is 33.7. The molecule has 6 heteroatoms. The smallest absolute Gasteiger partial charge is 0.121 e. The molecule has 11 rings (SSSR count). The fourth-order valence-corrected chi connectivity index (χ4v) is 12.9. The van der Waals surface area contributed by atoms with Crippen LogP contribution in [-0.2, 0) is 25.5 Å². The first-order valence-corrected chi connectivity index (χ1v) is 28.8. The third-order valence-corrected chi connectivity index (χ3v) is 17.9. The van der Waals surface area contributed by atoms with Crippen molar-refractivity contribution < 1.29 is 24.5 Å². The Morgan fingerprint density at radius 3 is 1.96 bits per heavy atom. The maximum atomic E-state index is 6.80. The van der Waals surface area contributed by atoms with E-state index in [2.05, 4.69) is 211 Å². The van der Waals surface area contributed by atoms with E-state index in [-0.39, 0.29) is 37.4 Å². The predicted molar refractivity (Wildman–Crippen MR) is 298 cm³/mol. The number of aromatic nitrogens is 3. The van der Waals surface area contributed by atoms with Crippen molar-refractivity contribution in [2.75, 3.05) is 0 Å². The summed E-state index contributed by atoms with van der Waals surface area (Å²) < 4.78 is 9.20. The number of nitrogens with zero attached hydrogens (tertiary/aromatic N) is 3. The minimum atomic E-state index is -0.984. The fraction of sp³-hybridized carbons (Fsp3) is 0.262. The van der Waals surface area contributed by atoms with Crippen LogP contribution in [0.15, 0.2) is 168 Å². The van der Waals surface area contributed by atoms with Crippen LogP contribution in [0.5, 0.6) is 0 Å². The molecule has 0 N–H and O–H groups in total. The van der Waals surface area contributed by atoms with Gasteiger partial charge in [0, 0.05) is 45.4 Å². The Kier molecular flexibility index (Phi) is 14.4. The largest absolute Gasteiger partial charge is 0.501 e. The van der Waals surface area contributed by atoms with Crippen molar-refractivity contribution in [2.24, 2.45) is 0 Å². The molecule has 1 aliphatic rings. The molecule has 0 unspecified atom stereocenters. The van der Waals surface area contributed by atoms with Crippen molar-refractivity contribution in [3.05, 3.63) is 198 Å². The number of para-hydroxylation sites is 2. The Balaban J connectivity index is 0.000000313. The average molecular weight is 1120 g/mol. The monoisotopic (exact) mass is 1120 g/mol. The Morgan fingerprint density at radius 2 is 1.31 bits per heavy atom. The number of hydrogen-bond donors (Lipinski definition) is 0. The van der Waals surface area contributed by atoms with E-state index < -0.39 is 8.07 Å². The standard InChI is InChI=1S/C50H49N2OSi.C15H16N.Ir/c1-32(2)43-29-39(36-21-19-35(20-22-36)37-25-27-54(5,6)28-26-37)30-44(33(3)4)48(43)52-46-18-11-10-17-45(46)51-50(52)42-16-12-15-41-40-24-23-38(31-47(40)53-49(41)42)34-13-8-7-9-14-34;1-15(2,3)13-9-10-14(16-11-13)12-7-5-4-6-8-12;/h7-15,17-24,29-33,37H,25-28H2,1-6H3;4-7,9-11H,1-3H3;/q2*-1;. The van der Waals surface area contributed by atoms with Gasteiger partial charge in [0.1, 0.15) is 5.58 Å². The van der Waals surface area contributed by atoms with E-state index in [9.17, 15) is 0 Å². The molecule has 0 amide bonds. The summed E-state index contributed by atoms with van der Waals surface area (Å²) in [6.45, 7) is 21.0. The van der Waals surface area contributed by atoms with E-state index in [0.29, 0.717) is 5.92 Å². The van der Waals surface area contributed by atoms with Crippen LogP contribution in [0, 0.1) is 12.1 Å². The molecule has 4 nitrogen and oxygen atoms in total. The zero-order valence-electron chi connectivity index (χ0n) is 42.7. The number of furan rings is 1. The Morgan fingerprint density at radius 1 is 0.648 bits per heavy atom. The van der Waals surface area contributed by atoms with E-state index in [1.807, 2.05) is 36.5 Å². The molecular weight excluding hydrogens is 1060 g/mol. The summed E-state index contributed by atoms with van der Waals surface area (Å²) in [4.78, 5) is 9.85. The minimum absolute atomic E-state index is 0.